The lowest BCUT2D eigenvalue weighted by atomic mass is 10.1. The average molecular weight is 154 g/mol. The molecule has 11 heavy (non-hydrogen) atoms. The maximum atomic E-state index is 9.09. The number of aliphatic hydroxyl groups is 2. The minimum atomic E-state index is -0.901. The first-order valence-electron chi connectivity index (χ1n) is 3.32. The average Bonchev–Trinajstić information content (AvgIpc) is 2.03. The molecule has 0 bridgehead atoms. The van der Waals surface area contributed by atoms with Crippen LogP contribution in [0.25, 0.3) is 0 Å². The fraction of sp³-hybridized carbons (Fsp3) is 0.250. The highest BCUT2D eigenvalue weighted by Gasteiger charge is 2.04. The second-order valence-electron chi connectivity index (χ2n) is 2.29. The summed E-state index contributed by atoms with van der Waals surface area (Å²) in [6, 6.07) is 6.18. The van der Waals surface area contributed by atoms with Crippen molar-refractivity contribution < 1.29 is 15.3 Å². The number of phenolic OH excluding ortho intramolecular Hbond substituents is 1. The Hall–Kier alpha value is -1.06. The number of phenols is 1. The Morgan fingerprint density at radius 3 is 2.64 bits per heavy atom. The Morgan fingerprint density at radius 1 is 1.36 bits per heavy atom. The summed E-state index contributed by atoms with van der Waals surface area (Å²) in [6.45, 7) is -0.330. The molecule has 1 aromatic rings. The molecular formula is C8H10O3. The van der Waals surface area contributed by atoms with Crippen molar-refractivity contribution in [3.63, 3.8) is 0 Å². The Morgan fingerprint density at radius 2 is 2.09 bits per heavy atom. The molecule has 1 rings (SSSR count). The van der Waals surface area contributed by atoms with Crippen LogP contribution in [0, 0.1) is 0 Å². The van der Waals surface area contributed by atoms with Gasteiger partial charge in [-0.1, -0.05) is 12.1 Å². The number of rotatable bonds is 2. The smallest absolute Gasteiger partial charge is 0.115 e. The highest BCUT2D eigenvalue weighted by molar-refractivity contribution is 5.28. The summed E-state index contributed by atoms with van der Waals surface area (Å²) >= 11 is 0. The van der Waals surface area contributed by atoms with E-state index in [0.29, 0.717) is 5.56 Å². The number of aliphatic hydroxyl groups excluding tert-OH is 2. The van der Waals surface area contributed by atoms with Gasteiger partial charge in [0, 0.05) is 0 Å². The summed E-state index contributed by atoms with van der Waals surface area (Å²) in [4.78, 5) is 0. The fourth-order valence-corrected chi connectivity index (χ4v) is 0.837. The quantitative estimate of drug-likeness (QED) is 0.578. The first kappa shape index (κ1) is 8.04. The van der Waals surface area contributed by atoms with Gasteiger partial charge in [0.15, 0.2) is 0 Å². The molecule has 0 amide bonds. The molecule has 0 saturated heterocycles. The molecule has 3 N–H and O–H groups in total. The highest BCUT2D eigenvalue weighted by Crippen LogP contribution is 2.16. The summed E-state index contributed by atoms with van der Waals surface area (Å²) < 4.78 is 0. The van der Waals surface area contributed by atoms with Crippen molar-refractivity contribution in [1.29, 1.82) is 0 Å². The molecule has 1 atom stereocenters. The summed E-state index contributed by atoms with van der Waals surface area (Å²) in [6.07, 6.45) is -0.901. The first-order chi connectivity index (χ1) is 5.24. The van der Waals surface area contributed by atoms with Crippen molar-refractivity contribution in [2.75, 3.05) is 6.61 Å². The zero-order chi connectivity index (χ0) is 8.27. The van der Waals surface area contributed by atoms with Crippen LogP contribution in [0.15, 0.2) is 24.3 Å². The summed E-state index contributed by atoms with van der Waals surface area (Å²) in [5, 5.41) is 26.6. The molecule has 0 radical (unpaired) electrons. The molecule has 0 aromatic heterocycles. The second kappa shape index (κ2) is 3.37. The molecule has 0 heterocycles. The normalized spacial score (nSPS) is 12.9. The Labute approximate surface area is 64.5 Å². The van der Waals surface area contributed by atoms with Crippen molar-refractivity contribution in [1.82, 2.24) is 0 Å². The van der Waals surface area contributed by atoms with E-state index < -0.39 is 6.10 Å². The van der Waals surface area contributed by atoms with Gasteiger partial charge in [-0.15, -0.1) is 0 Å². The fourth-order valence-electron chi connectivity index (χ4n) is 0.837. The largest absolute Gasteiger partial charge is 0.508 e. The Kier molecular flexibility index (Phi) is 2.46. The Balaban J connectivity index is 2.86. The maximum absolute atomic E-state index is 9.09. The predicted molar refractivity (Wildman–Crippen MR) is 40.2 cm³/mol. The minimum Gasteiger partial charge on any atom is -0.508 e. The van der Waals surface area contributed by atoms with E-state index in [1.165, 1.54) is 12.1 Å². The lowest BCUT2D eigenvalue weighted by molar-refractivity contribution is 0.0954. The van der Waals surface area contributed by atoms with E-state index in [0.717, 1.165) is 0 Å². The molecule has 0 aliphatic heterocycles. The third-order valence-electron chi connectivity index (χ3n) is 1.43. The molecule has 3 heteroatoms. The number of aromatic hydroxyl groups is 1. The first-order valence-corrected chi connectivity index (χ1v) is 3.32. The lowest BCUT2D eigenvalue weighted by Gasteiger charge is -2.06. The molecule has 0 aliphatic carbocycles. The summed E-state index contributed by atoms with van der Waals surface area (Å²) in [7, 11) is 0. The molecule has 0 aliphatic rings. The van der Waals surface area contributed by atoms with Gasteiger partial charge in [0.25, 0.3) is 0 Å². The van der Waals surface area contributed by atoms with Crippen LogP contribution < -0.4 is 0 Å². The van der Waals surface area contributed by atoms with Crippen molar-refractivity contribution in [2.45, 2.75) is 6.10 Å². The van der Waals surface area contributed by atoms with Crippen LogP contribution in [0.2, 0.25) is 0 Å². The molecule has 1 aromatic carbocycles. The van der Waals surface area contributed by atoms with Gasteiger partial charge in [-0.2, -0.15) is 0 Å². The van der Waals surface area contributed by atoms with Gasteiger partial charge in [-0.3, -0.25) is 0 Å². The second-order valence-corrected chi connectivity index (χ2v) is 2.29. The molecule has 3 nitrogen and oxygen atoms in total. The SMILES string of the molecule is OCC(O)c1cccc(O)c1. The molecule has 0 fully saturated rings. The van der Waals surface area contributed by atoms with Gasteiger partial charge in [-0.25, -0.2) is 0 Å². The molecule has 0 saturated carbocycles. The predicted octanol–water partition coefficient (Wildman–Crippen LogP) is 0.418. The van der Waals surface area contributed by atoms with Crippen LogP contribution in [0.1, 0.15) is 11.7 Å². The minimum absolute atomic E-state index is 0.0926. The molecule has 1 unspecified atom stereocenters. The number of hydrogen-bond acceptors (Lipinski definition) is 3. The zero-order valence-electron chi connectivity index (χ0n) is 5.94. The van der Waals surface area contributed by atoms with Gasteiger partial charge in [-0.05, 0) is 17.7 Å². The lowest BCUT2D eigenvalue weighted by Crippen LogP contribution is -2.01. The van der Waals surface area contributed by atoms with Crippen molar-refractivity contribution in [3.05, 3.63) is 29.8 Å². The van der Waals surface area contributed by atoms with E-state index >= 15 is 0 Å². The van der Waals surface area contributed by atoms with Gasteiger partial charge >= 0.3 is 0 Å². The van der Waals surface area contributed by atoms with E-state index in [9.17, 15) is 0 Å². The number of hydrogen-bond donors (Lipinski definition) is 3. The van der Waals surface area contributed by atoms with E-state index in [1.54, 1.807) is 12.1 Å². The molecule has 60 valence electrons. The van der Waals surface area contributed by atoms with Gasteiger partial charge < -0.3 is 15.3 Å². The number of benzene rings is 1. The van der Waals surface area contributed by atoms with Crippen LogP contribution in [0.4, 0.5) is 0 Å². The standard InChI is InChI=1S/C8H10O3/c9-5-8(11)6-2-1-3-7(10)4-6/h1-4,8-11H,5H2. The molecular weight excluding hydrogens is 144 g/mol. The van der Waals surface area contributed by atoms with Crippen molar-refractivity contribution >= 4 is 0 Å². The monoisotopic (exact) mass is 154 g/mol. The highest BCUT2D eigenvalue weighted by atomic mass is 16.3. The topological polar surface area (TPSA) is 60.7 Å². The van der Waals surface area contributed by atoms with Crippen molar-refractivity contribution in [2.24, 2.45) is 0 Å². The van der Waals surface area contributed by atoms with Crippen LogP contribution in [0.5, 0.6) is 5.75 Å². The van der Waals surface area contributed by atoms with E-state index in [1.807, 2.05) is 0 Å². The van der Waals surface area contributed by atoms with Gasteiger partial charge in [0.05, 0.1) is 6.61 Å². The van der Waals surface area contributed by atoms with Gasteiger partial charge in [0.2, 0.25) is 0 Å². The van der Waals surface area contributed by atoms with Crippen LogP contribution in [-0.2, 0) is 0 Å². The van der Waals surface area contributed by atoms with Crippen LogP contribution >= 0.6 is 0 Å². The van der Waals surface area contributed by atoms with E-state index in [2.05, 4.69) is 0 Å². The third-order valence-corrected chi connectivity index (χ3v) is 1.43. The molecule has 0 spiro atoms. The van der Waals surface area contributed by atoms with E-state index in [4.69, 9.17) is 15.3 Å². The summed E-state index contributed by atoms with van der Waals surface area (Å²) in [5.74, 6) is 0.0926. The maximum Gasteiger partial charge on any atom is 0.115 e. The third kappa shape index (κ3) is 1.93. The van der Waals surface area contributed by atoms with Crippen molar-refractivity contribution in [3.8, 4) is 5.75 Å². The van der Waals surface area contributed by atoms with Crippen LogP contribution in [0.3, 0.4) is 0 Å². The van der Waals surface area contributed by atoms with Crippen LogP contribution in [-0.4, -0.2) is 21.9 Å². The Bertz CT molecular complexity index is 235. The zero-order valence-corrected chi connectivity index (χ0v) is 5.94. The summed E-state index contributed by atoms with van der Waals surface area (Å²) in [5.41, 5.74) is 0.521. The van der Waals surface area contributed by atoms with E-state index in [-0.39, 0.29) is 12.4 Å². The van der Waals surface area contributed by atoms with Gasteiger partial charge in [0.1, 0.15) is 11.9 Å².